The Labute approximate surface area is 144 Å². The van der Waals surface area contributed by atoms with Crippen LogP contribution in [0.4, 0.5) is 5.82 Å². The molecule has 0 spiro atoms. The Bertz CT molecular complexity index is 825. The molecule has 24 heavy (non-hydrogen) atoms. The molecule has 0 bridgehead atoms. The Morgan fingerprint density at radius 2 is 1.75 bits per heavy atom. The number of nitrogens with one attached hydrogen (secondary N) is 1. The molecule has 2 heterocycles. The summed E-state index contributed by atoms with van der Waals surface area (Å²) in [7, 11) is 4.81. The summed E-state index contributed by atoms with van der Waals surface area (Å²) in [6.07, 6.45) is 1.57. The number of benzene rings is 1. The minimum atomic E-state index is -0.00305. The van der Waals surface area contributed by atoms with Crippen molar-refractivity contribution in [3.63, 3.8) is 0 Å². The van der Waals surface area contributed by atoms with Crippen molar-refractivity contribution in [3.8, 4) is 17.2 Å². The van der Waals surface area contributed by atoms with E-state index in [9.17, 15) is 0 Å². The second-order valence-corrected chi connectivity index (χ2v) is 6.08. The van der Waals surface area contributed by atoms with Gasteiger partial charge >= 0.3 is 0 Å². The van der Waals surface area contributed by atoms with E-state index in [-0.39, 0.29) is 6.04 Å². The van der Waals surface area contributed by atoms with Gasteiger partial charge in [-0.15, -0.1) is 11.3 Å². The average Bonchev–Trinajstić information content (AvgIpc) is 3.10. The molecule has 1 aromatic carbocycles. The van der Waals surface area contributed by atoms with Gasteiger partial charge in [0.05, 0.1) is 32.8 Å². The summed E-state index contributed by atoms with van der Waals surface area (Å²) in [5.74, 6) is 2.65. The van der Waals surface area contributed by atoms with E-state index in [4.69, 9.17) is 14.2 Å². The lowest BCUT2D eigenvalue weighted by molar-refractivity contribution is 0.323. The number of ether oxygens (including phenoxy) is 3. The van der Waals surface area contributed by atoms with Crippen molar-refractivity contribution in [2.45, 2.75) is 13.0 Å². The van der Waals surface area contributed by atoms with Crippen LogP contribution in [0.15, 0.2) is 29.9 Å². The van der Waals surface area contributed by atoms with Gasteiger partial charge in [-0.25, -0.2) is 9.97 Å². The highest BCUT2D eigenvalue weighted by Gasteiger charge is 2.17. The van der Waals surface area contributed by atoms with Gasteiger partial charge in [-0.2, -0.15) is 0 Å². The molecule has 0 aliphatic carbocycles. The number of aromatic nitrogens is 2. The monoisotopic (exact) mass is 345 g/mol. The predicted octanol–water partition coefficient (Wildman–Crippen LogP) is 3.89. The maximum Gasteiger partial charge on any atom is 0.203 e. The maximum absolute atomic E-state index is 5.42. The van der Waals surface area contributed by atoms with Crippen LogP contribution in [-0.4, -0.2) is 31.3 Å². The fourth-order valence-corrected chi connectivity index (χ4v) is 3.28. The fraction of sp³-hybridized carbons (Fsp3) is 0.294. The third kappa shape index (κ3) is 2.94. The molecule has 0 fully saturated rings. The van der Waals surface area contributed by atoms with Crippen LogP contribution in [0, 0.1) is 0 Å². The lowest BCUT2D eigenvalue weighted by Gasteiger charge is -2.19. The van der Waals surface area contributed by atoms with Crippen LogP contribution in [0.25, 0.3) is 10.2 Å². The summed E-state index contributed by atoms with van der Waals surface area (Å²) in [5, 5.41) is 6.46. The molecule has 6 nitrogen and oxygen atoms in total. The third-order valence-corrected chi connectivity index (χ3v) is 4.62. The van der Waals surface area contributed by atoms with Crippen LogP contribution in [-0.2, 0) is 0 Å². The lowest BCUT2D eigenvalue weighted by atomic mass is 10.1. The van der Waals surface area contributed by atoms with Gasteiger partial charge in [0.15, 0.2) is 11.5 Å². The molecule has 3 rings (SSSR count). The van der Waals surface area contributed by atoms with Gasteiger partial charge in [0.2, 0.25) is 5.75 Å². The second-order valence-electron chi connectivity index (χ2n) is 5.19. The summed E-state index contributed by atoms with van der Waals surface area (Å²) in [6, 6.07) is 5.89. The first-order valence-electron chi connectivity index (χ1n) is 7.42. The van der Waals surface area contributed by atoms with E-state index in [1.165, 1.54) is 0 Å². The first-order valence-corrected chi connectivity index (χ1v) is 8.30. The smallest absolute Gasteiger partial charge is 0.203 e. The summed E-state index contributed by atoms with van der Waals surface area (Å²) in [5.41, 5.74) is 1.01. The summed E-state index contributed by atoms with van der Waals surface area (Å²) >= 11 is 1.59. The number of anilines is 1. The SMILES string of the molecule is COc1cc(C(C)Nc2ncnc3sccc23)cc(OC)c1OC. The number of rotatable bonds is 6. The van der Waals surface area contributed by atoms with Gasteiger partial charge in [0, 0.05) is 0 Å². The normalized spacial score (nSPS) is 12.0. The number of nitrogens with zero attached hydrogens (tertiary/aromatic N) is 2. The van der Waals surface area contributed by atoms with Crippen molar-refractivity contribution >= 4 is 27.4 Å². The maximum atomic E-state index is 5.42. The van der Waals surface area contributed by atoms with E-state index < -0.39 is 0 Å². The molecule has 0 saturated carbocycles. The highest BCUT2D eigenvalue weighted by atomic mass is 32.1. The van der Waals surface area contributed by atoms with Gasteiger partial charge in [-0.3, -0.25) is 0 Å². The van der Waals surface area contributed by atoms with Crippen molar-refractivity contribution in [2.75, 3.05) is 26.6 Å². The molecule has 0 aliphatic rings. The van der Waals surface area contributed by atoms with Crippen LogP contribution in [0.2, 0.25) is 0 Å². The summed E-state index contributed by atoms with van der Waals surface area (Å²) in [6.45, 7) is 2.06. The lowest BCUT2D eigenvalue weighted by Crippen LogP contribution is -2.09. The van der Waals surface area contributed by atoms with Crippen LogP contribution in [0.3, 0.4) is 0 Å². The predicted molar refractivity (Wildman–Crippen MR) is 95.6 cm³/mol. The molecule has 0 radical (unpaired) electrons. The van der Waals surface area contributed by atoms with Crippen molar-refractivity contribution in [3.05, 3.63) is 35.5 Å². The van der Waals surface area contributed by atoms with Crippen molar-refractivity contribution in [2.24, 2.45) is 0 Å². The van der Waals surface area contributed by atoms with E-state index in [1.54, 1.807) is 39.0 Å². The van der Waals surface area contributed by atoms with E-state index in [2.05, 4.69) is 22.2 Å². The highest BCUT2D eigenvalue weighted by molar-refractivity contribution is 7.16. The van der Waals surface area contributed by atoms with E-state index in [1.807, 2.05) is 23.6 Å². The van der Waals surface area contributed by atoms with E-state index in [0.717, 1.165) is 21.6 Å². The number of fused-ring (bicyclic) bond motifs is 1. The second kappa shape index (κ2) is 6.92. The molecule has 1 atom stereocenters. The Morgan fingerprint density at radius 1 is 1.04 bits per heavy atom. The molecular formula is C17H19N3O3S. The Morgan fingerprint density at radius 3 is 2.38 bits per heavy atom. The molecule has 0 aliphatic heterocycles. The van der Waals surface area contributed by atoms with Crippen LogP contribution < -0.4 is 19.5 Å². The number of hydrogen-bond acceptors (Lipinski definition) is 7. The molecule has 2 aromatic heterocycles. The van der Waals surface area contributed by atoms with Gasteiger partial charge in [0.25, 0.3) is 0 Å². The first kappa shape index (κ1) is 16.3. The van der Waals surface area contributed by atoms with Crippen LogP contribution in [0.1, 0.15) is 18.5 Å². The van der Waals surface area contributed by atoms with Crippen molar-refractivity contribution in [1.29, 1.82) is 0 Å². The molecule has 0 amide bonds. The molecule has 3 aromatic rings. The van der Waals surface area contributed by atoms with E-state index in [0.29, 0.717) is 17.2 Å². The van der Waals surface area contributed by atoms with E-state index >= 15 is 0 Å². The minimum Gasteiger partial charge on any atom is -0.493 e. The standard InChI is InChI=1S/C17H19N3O3S/c1-10(20-16-12-5-6-24-17(12)19-9-18-16)11-7-13(21-2)15(23-4)14(8-11)22-3/h5-10H,1-4H3,(H,18,19,20). The van der Waals surface area contributed by atoms with Crippen molar-refractivity contribution < 1.29 is 14.2 Å². The topological polar surface area (TPSA) is 65.5 Å². The number of hydrogen-bond donors (Lipinski definition) is 1. The Balaban J connectivity index is 1.95. The molecule has 1 N–H and O–H groups in total. The molecule has 1 unspecified atom stereocenters. The molecule has 0 saturated heterocycles. The van der Waals surface area contributed by atoms with Gasteiger partial charge in [0.1, 0.15) is 17.0 Å². The minimum absolute atomic E-state index is 0.00305. The molecule has 126 valence electrons. The molecule has 7 heteroatoms. The fourth-order valence-electron chi connectivity index (χ4n) is 2.54. The van der Waals surface area contributed by atoms with Gasteiger partial charge in [-0.05, 0) is 36.1 Å². The van der Waals surface area contributed by atoms with Crippen LogP contribution >= 0.6 is 11.3 Å². The zero-order valence-electron chi connectivity index (χ0n) is 14.0. The summed E-state index contributed by atoms with van der Waals surface area (Å²) < 4.78 is 16.2. The largest absolute Gasteiger partial charge is 0.493 e. The zero-order valence-corrected chi connectivity index (χ0v) is 14.8. The Hall–Kier alpha value is -2.54. The first-order chi connectivity index (χ1) is 11.7. The third-order valence-electron chi connectivity index (χ3n) is 3.80. The Kier molecular flexibility index (Phi) is 4.71. The zero-order chi connectivity index (χ0) is 17.1. The van der Waals surface area contributed by atoms with Gasteiger partial charge < -0.3 is 19.5 Å². The average molecular weight is 345 g/mol. The van der Waals surface area contributed by atoms with Crippen LogP contribution in [0.5, 0.6) is 17.2 Å². The number of thiophene rings is 1. The van der Waals surface area contributed by atoms with Gasteiger partial charge in [-0.1, -0.05) is 0 Å². The molecular weight excluding hydrogens is 326 g/mol. The highest BCUT2D eigenvalue weighted by Crippen LogP contribution is 2.40. The van der Waals surface area contributed by atoms with Crippen molar-refractivity contribution in [1.82, 2.24) is 9.97 Å². The summed E-state index contributed by atoms with van der Waals surface area (Å²) in [4.78, 5) is 9.59. The number of methoxy groups -OCH3 is 3. The quantitative estimate of drug-likeness (QED) is 0.731.